The van der Waals surface area contributed by atoms with Crippen LogP contribution in [0.4, 0.5) is 37.7 Å². The summed E-state index contributed by atoms with van der Waals surface area (Å²) in [7, 11) is 0. The van der Waals surface area contributed by atoms with Crippen molar-refractivity contribution in [3.63, 3.8) is 0 Å². The van der Waals surface area contributed by atoms with Gasteiger partial charge in [-0.05, 0) is 48.5 Å². The van der Waals surface area contributed by atoms with Gasteiger partial charge in [0, 0.05) is 0 Å². The van der Waals surface area contributed by atoms with Crippen molar-refractivity contribution in [1.82, 2.24) is 0 Å². The van der Waals surface area contributed by atoms with E-state index in [4.69, 9.17) is 4.74 Å². The van der Waals surface area contributed by atoms with E-state index in [1.807, 2.05) is 0 Å². The lowest BCUT2D eigenvalue weighted by Gasteiger charge is -2.29. The minimum absolute atomic E-state index is 0.0758. The third-order valence-corrected chi connectivity index (χ3v) is 3.70. The first-order chi connectivity index (χ1) is 11.7. The number of benzene rings is 2. The van der Waals surface area contributed by atoms with Crippen LogP contribution in [0.15, 0.2) is 48.5 Å². The molecule has 3 rings (SSSR count). The monoisotopic (exact) mass is 362 g/mol. The van der Waals surface area contributed by atoms with Gasteiger partial charge in [0.25, 0.3) is 0 Å². The van der Waals surface area contributed by atoms with Crippen molar-refractivity contribution < 1.29 is 31.1 Å². The highest BCUT2D eigenvalue weighted by Gasteiger charge is 2.32. The van der Waals surface area contributed by atoms with Crippen molar-refractivity contribution in [2.75, 3.05) is 23.5 Å². The maximum Gasteiger partial charge on any atom is 0.416 e. The number of ether oxygens (including phenoxy) is 1. The zero-order chi connectivity index (χ0) is 18.2. The molecule has 0 unspecified atom stereocenters. The van der Waals surface area contributed by atoms with Crippen molar-refractivity contribution in [2.45, 2.75) is 12.4 Å². The molecule has 25 heavy (non-hydrogen) atoms. The third-order valence-electron chi connectivity index (χ3n) is 3.70. The first-order valence-electron chi connectivity index (χ1n) is 7.13. The molecule has 2 aromatic carbocycles. The fourth-order valence-electron chi connectivity index (χ4n) is 2.43. The predicted molar refractivity (Wildman–Crippen MR) is 78.7 cm³/mol. The largest absolute Gasteiger partial charge is 0.416 e. The van der Waals surface area contributed by atoms with Crippen LogP contribution in [0.1, 0.15) is 11.1 Å². The van der Waals surface area contributed by atoms with Gasteiger partial charge < -0.3 is 4.74 Å². The van der Waals surface area contributed by atoms with Crippen LogP contribution in [0.25, 0.3) is 0 Å². The molecule has 0 aromatic heterocycles. The van der Waals surface area contributed by atoms with Crippen LogP contribution in [0.5, 0.6) is 0 Å². The van der Waals surface area contributed by atoms with Crippen molar-refractivity contribution in [1.29, 1.82) is 0 Å². The summed E-state index contributed by atoms with van der Waals surface area (Å²) in [4.78, 5) is 0. The number of hydrazine groups is 1. The number of nitrogens with zero attached hydrogens (tertiary/aromatic N) is 2. The lowest BCUT2D eigenvalue weighted by atomic mass is 10.2. The Kier molecular flexibility index (Phi) is 4.28. The second-order valence-corrected chi connectivity index (χ2v) is 5.35. The SMILES string of the molecule is FC(F)(F)c1ccc(N2COCN2c2ccc(C(F)(F)F)cc2)cc1. The van der Waals surface area contributed by atoms with E-state index in [0.717, 1.165) is 24.3 Å². The van der Waals surface area contributed by atoms with Crippen molar-refractivity contribution in [2.24, 2.45) is 0 Å². The maximum atomic E-state index is 12.6. The molecule has 0 radical (unpaired) electrons. The van der Waals surface area contributed by atoms with E-state index >= 15 is 0 Å². The van der Waals surface area contributed by atoms with Gasteiger partial charge in [-0.2, -0.15) is 26.3 Å². The first-order valence-corrected chi connectivity index (χ1v) is 7.13. The van der Waals surface area contributed by atoms with Gasteiger partial charge in [-0.3, -0.25) is 10.0 Å². The summed E-state index contributed by atoms with van der Waals surface area (Å²) >= 11 is 0. The molecule has 1 aliphatic rings. The van der Waals surface area contributed by atoms with Gasteiger partial charge in [0.05, 0.1) is 22.5 Å². The lowest BCUT2D eigenvalue weighted by Crippen LogP contribution is -2.36. The van der Waals surface area contributed by atoms with Crippen LogP contribution < -0.4 is 10.0 Å². The predicted octanol–water partition coefficient (Wildman–Crippen LogP) is 4.90. The number of anilines is 2. The molecule has 0 amide bonds. The zero-order valence-corrected chi connectivity index (χ0v) is 12.6. The van der Waals surface area contributed by atoms with Crippen molar-refractivity contribution >= 4 is 11.4 Å². The maximum absolute atomic E-state index is 12.6. The summed E-state index contributed by atoms with van der Waals surface area (Å²) in [6.07, 6.45) is -8.87. The van der Waals surface area contributed by atoms with Gasteiger partial charge in [-0.1, -0.05) is 0 Å². The fourth-order valence-corrected chi connectivity index (χ4v) is 2.43. The molecule has 9 heteroatoms. The van der Waals surface area contributed by atoms with E-state index in [1.54, 1.807) is 10.0 Å². The molecule has 1 saturated heterocycles. The average molecular weight is 362 g/mol. The van der Waals surface area contributed by atoms with E-state index in [0.29, 0.717) is 11.4 Å². The quantitative estimate of drug-likeness (QED) is 0.707. The number of hydrogen-bond acceptors (Lipinski definition) is 3. The van der Waals surface area contributed by atoms with Gasteiger partial charge >= 0.3 is 12.4 Å². The molecular formula is C16H12F6N2O. The number of halogens is 6. The summed E-state index contributed by atoms with van der Waals surface area (Å²) in [5.74, 6) is 0. The Labute approximate surface area is 139 Å². The second-order valence-electron chi connectivity index (χ2n) is 5.35. The van der Waals surface area contributed by atoms with Crippen molar-refractivity contribution in [3.05, 3.63) is 59.7 Å². The molecule has 3 nitrogen and oxygen atoms in total. The molecule has 1 aliphatic heterocycles. The van der Waals surface area contributed by atoms with E-state index in [1.165, 1.54) is 24.3 Å². The van der Waals surface area contributed by atoms with Crippen LogP contribution in [-0.2, 0) is 17.1 Å². The van der Waals surface area contributed by atoms with Crippen LogP contribution in [0, 0.1) is 0 Å². The molecule has 0 atom stereocenters. The summed E-state index contributed by atoms with van der Waals surface area (Å²) in [6, 6.07) is 8.92. The molecule has 2 aromatic rings. The average Bonchev–Trinajstić information content (AvgIpc) is 3.03. The van der Waals surface area contributed by atoms with Crippen LogP contribution in [0.2, 0.25) is 0 Å². The third kappa shape index (κ3) is 3.65. The molecule has 1 heterocycles. The minimum Gasteiger partial charge on any atom is -0.337 e. The first kappa shape index (κ1) is 17.4. The molecule has 134 valence electrons. The number of hydrogen-bond donors (Lipinski definition) is 0. The smallest absolute Gasteiger partial charge is 0.337 e. The minimum atomic E-state index is -4.44. The normalized spacial score (nSPS) is 15.8. The molecule has 0 bridgehead atoms. The van der Waals surface area contributed by atoms with Gasteiger partial charge in [-0.15, -0.1) is 0 Å². The van der Waals surface area contributed by atoms with E-state index in [-0.39, 0.29) is 13.5 Å². The van der Waals surface area contributed by atoms with Gasteiger partial charge in [-0.25, -0.2) is 0 Å². The summed E-state index contributed by atoms with van der Waals surface area (Å²) in [5, 5.41) is 3.09. The highest BCUT2D eigenvalue weighted by Crippen LogP contribution is 2.34. The van der Waals surface area contributed by atoms with Crippen molar-refractivity contribution in [3.8, 4) is 0 Å². The number of rotatable bonds is 2. The van der Waals surface area contributed by atoms with Gasteiger partial charge in [0.2, 0.25) is 0 Å². The molecule has 0 N–H and O–H groups in total. The van der Waals surface area contributed by atoms with E-state index in [2.05, 4.69) is 0 Å². The van der Waals surface area contributed by atoms with Crippen LogP contribution in [-0.4, -0.2) is 13.5 Å². The standard InChI is InChI=1S/C16H12F6N2O/c17-15(18,19)11-1-5-13(6-2-11)23-9-25-10-24(23)14-7-3-12(4-8-14)16(20,21)22/h1-8H,9-10H2. The summed E-state index contributed by atoms with van der Waals surface area (Å²) < 4.78 is 81.1. The highest BCUT2D eigenvalue weighted by atomic mass is 19.4. The Morgan fingerprint density at radius 3 is 1.20 bits per heavy atom. The van der Waals surface area contributed by atoms with Gasteiger partial charge in [0.15, 0.2) is 0 Å². The molecule has 1 fully saturated rings. The van der Waals surface area contributed by atoms with Crippen LogP contribution >= 0.6 is 0 Å². The Morgan fingerprint density at radius 1 is 0.600 bits per heavy atom. The Morgan fingerprint density at radius 2 is 0.920 bits per heavy atom. The Hall–Kier alpha value is -2.42. The Bertz CT molecular complexity index is 661. The van der Waals surface area contributed by atoms with Crippen LogP contribution in [0.3, 0.4) is 0 Å². The number of alkyl halides is 6. The summed E-state index contributed by atoms with van der Waals surface area (Å²) in [6.45, 7) is 0.152. The van der Waals surface area contributed by atoms with E-state index < -0.39 is 23.5 Å². The highest BCUT2D eigenvalue weighted by molar-refractivity contribution is 5.59. The van der Waals surface area contributed by atoms with Gasteiger partial charge in [0.1, 0.15) is 13.5 Å². The molecule has 0 spiro atoms. The lowest BCUT2D eigenvalue weighted by molar-refractivity contribution is -0.138. The summed E-state index contributed by atoms with van der Waals surface area (Å²) in [5.41, 5.74) is -0.689. The Balaban J connectivity index is 1.83. The molecule has 0 saturated carbocycles. The zero-order valence-electron chi connectivity index (χ0n) is 12.6. The molecular weight excluding hydrogens is 350 g/mol. The fraction of sp³-hybridized carbons (Fsp3) is 0.250. The molecule has 0 aliphatic carbocycles. The topological polar surface area (TPSA) is 15.7 Å². The van der Waals surface area contributed by atoms with E-state index in [9.17, 15) is 26.3 Å². The second kappa shape index (κ2) is 6.14.